The van der Waals surface area contributed by atoms with E-state index in [4.69, 9.17) is 0 Å². The molecule has 0 bridgehead atoms. The molecule has 0 amide bonds. The molecule has 136 valence electrons. The highest BCUT2D eigenvalue weighted by Crippen LogP contribution is 2.31. The molecule has 0 aliphatic rings. The van der Waals surface area contributed by atoms with Gasteiger partial charge in [-0.1, -0.05) is 12.1 Å². The molecule has 3 rings (SSSR count). The van der Waals surface area contributed by atoms with Crippen molar-refractivity contribution in [2.75, 3.05) is 6.26 Å². The Morgan fingerprint density at radius 3 is 2.27 bits per heavy atom. The predicted octanol–water partition coefficient (Wildman–Crippen LogP) is 4.68. The summed E-state index contributed by atoms with van der Waals surface area (Å²) in [6.07, 6.45) is -3.43. The Balaban J connectivity index is 1.92. The number of alkyl halides is 3. The fourth-order valence-corrected chi connectivity index (χ4v) is 3.50. The lowest BCUT2D eigenvalue weighted by Crippen LogP contribution is -2.04. The maximum absolute atomic E-state index is 13.8. The van der Waals surface area contributed by atoms with Gasteiger partial charge in [-0.2, -0.15) is 17.5 Å². The van der Waals surface area contributed by atoms with Gasteiger partial charge in [0.1, 0.15) is 5.82 Å². The highest BCUT2D eigenvalue weighted by molar-refractivity contribution is 7.93. The monoisotopic (exact) mass is 385 g/mol. The normalized spacial score (nSPS) is 14.0. The molecule has 0 saturated heterocycles. The highest BCUT2D eigenvalue weighted by Gasteiger charge is 2.38. The third-order valence-electron chi connectivity index (χ3n) is 3.31. The van der Waals surface area contributed by atoms with Crippen LogP contribution >= 0.6 is 0 Å². The van der Waals surface area contributed by atoms with Crippen molar-refractivity contribution in [3.8, 4) is 11.5 Å². The molecule has 1 aromatic heterocycles. The van der Waals surface area contributed by atoms with Gasteiger partial charge in [-0.3, -0.25) is 0 Å². The van der Waals surface area contributed by atoms with Crippen LogP contribution in [0.2, 0.25) is 0 Å². The quantitative estimate of drug-likeness (QED) is 0.614. The van der Waals surface area contributed by atoms with Gasteiger partial charge in [0.15, 0.2) is 0 Å². The first-order valence-electron chi connectivity index (χ1n) is 7.15. The minimum absolute atomic E-state index is 0.0317. The second kappa shape index (κ2) is 6.52. The van der Waals surface area contributed by atoms with Crippen LogP contribution in [0.5, 0.6) is 0 Å². The van der Waals surface area contributed by atoms with E-state index >= 15 is 0 Å². The molecular weight excluding hydrogens is 374 g/mol. The predicted molar refractivity (Wildman–Crippen MR) is 85.6 cm³/mol. The van der Waals surface area contributed by atoms with Gasteiger partial charge in [0, 0.05) is 11.8 Å². The zero-order valence-electron chi connectivity index (χ0n) is 13.2. The van der Waals surface area contributed by atoms with Gasteiger partial charge < -0.3 is 4.42 Å². The van der Waals surface area contributed by atoms with E-state index in [-0.39, 0.29) is 22.0 Å². The van der Waals surface area contributed by atoms with E-state index in [0.717, 1.165) is 0 Å². The molecule has 2 aromatic carbocycles. The summed E-state index contributed by atoms with van der Waals surface area (Å²) in [7, 11) is -3.04. The second-order valence-electron chi connectivity index (χ2n) is 5.28. The van der Waals surface area contributed by atoms with Crippen molar-refractivity contribution < 1.29 is 26.2 Å². The molecule has 0 spiro atoms. The lowest BCUT2D eigenvalue weighted by atomic mass is 10.2. The average molecular weight is 385 g/mol. The Morgan fingerprint density at radius 1 is 1.04 bits per heavy atom. The van der Waals surface area contributed by atoms with Gasteiger partial charge >= 0.3 is 12.1 Å². The summed E-state index contributed by atoms with van der Waals surface area (Å²) in [4.78, 5) is -0.0317. The van der Waals surface area contributed by atoms with Gasteiger partial charge in [0.25, 0.3) is 0 Å². The molecule has 0 fully saturated rings. The summed E-state index contributed by atoms with van der Waals surface area (Å²) < 4.78 is 72.6. The van der Waals surface area contributed by atoms with E-state index < -0.39 is 27.6 Å². The molecule has 26 heavy (non-hydrogen) atoms. The van der Waals surface area contributed by atoms with Gasteiger partial charge in [-0.15, -0.1) is 10.2 Å². The Hall–Kier alpha value is -2.75. The van der Waals surface area contributed by atoms with Crippen LogP contribution in [0.1, 0.15) is 5.89 Å². The first kappa shape index (κ1) is 18.1. The SMILES string of the molecule is CS(=O)(=Nc1ccc(-c2nnc(C(F)(F)F)o2)cc1)c1ccccc1F. The van der Waals surface area contributed by atoms with Crippen LogP contribution in [-0.4, -0.2) is 20.7 Å². The molecule has 0 radical (unpaired) electrons. The van der Waals surface area contributed by atoms with E-state index in [1.807, 2.05) is 0 Å². The Kier molecular flexibility index (Phi) is 4.53. The second-order valence-corrected chi connectivity index (χ2v) is 7.51. The first-order chi connectivity index (χ1) is 12.2. The minimum Gasteiger partial charge on any atom is -0.413 e. The summed E-state index contributed by atoms with van der Waals surface area (Å²) >= 11 is 0. The largest absolute Gasteiger partial charge is 0.470 e. The number of benzene rings is 2. The number of halogens is 4. The van der Waals surface area contributed by atoms with Gasteiger partial charge in [-0.05, 0) is 36.4 Å². The maximum atomic E-state index is 13.8. The smallest absolute Gasteiger partial charge is 0.413 e. The first-order valence-corrected chi connectivity index (χ1v) is 9.07. The lowest BCUT2D eigenvalue weighted by Gasteiger charge is -2.06. The fraction of sp³-hybridized carbons (Fsp3) is 0.125. The highest BCUT2D eigenvalue weighted by atomic mass is 32.2. The molecule has 0 aliphatic heterocycles. The van der Waals surface area contributed by atoms with Gasteiger partial charge in [0.2, 0.25) is 5.89 Å². The van der Waals surface area contributed by atoms with Crippen molar-refractivity contribution in [3.63, 3.8) is 0 Å². The van der Waals surface area contributed by atoms with E-state index in [1.54, 1.807) is 6.07 Å². The van der Waals surface area contributed by atoms with Crippen LogP contribution in [-0.2, 0) is 15.9 Å². The molecule has 0 saturated carbocycles. The number of hydrogen-bond donors (Lipinski definition) is 0. The molecule has 5 nitrogen and oxygen atoms in total. The van der Waals surface area contributed by atoms with E-state index in [0.29, 0.717) is 0 Å². The van der Waals surface area contributed by atoms with Gasteiger partial charge in [0.05, 0.1) is 20.3 Å². The Bertz CT molecular complexity index is 1050. The minimum atomic E-state index is -4.73. The molecule has 10 heteroatoms. The Morgan fingerprint density at radius 2 is 1.69 bits per heavy atom. The molecule has 1 heterocycles. The molecule has 0 aliphatic carbocycles. The van der Waals surface area contributed by atoms with E-state index in [9.17, 15) is 21.8 Å². The number of hydrogen-bond acceptors (Lipinski definition) is 5. The molecule has 1 atom stereocenters. The van der Waals surface area contributed by atoms with E-state index in [1.165, 1.54) is 48.7 Å². The lowest BCUT2D eigenvalue weighted by molar-refractivity contribution is -0.156. The third-order valence-corrected chi connectivity index (χ3v) is 5.01. The van der Waals surface area contributed by atoms with Crippen molar-refractivity contribution in [1.82, 2.24) is 10.2 Å². The van der Waals surface area contributed by atoms with Crippen molar-refractivity contribution in [3.05, 3.63) is 60.2 Å². The number of nitrogens with zero attached hydrogens (tertiary/aromatic N) is 3. The molecular formula is C16H11F4N3O2S. The van der Waals surface area contributed by atoms with E-state index in [2.05, 4.69) is 19.0 Å². The van der Waals surface area contributed by atoms with Crippen molar-refractivity contribution in [2.24, 2.45) is 4.36 Å². The zero-order valence-corrected chi connectivity index (χ0v) is 14.0. The molecule has 3 aromatic rings. The summed E-state index contributed by atoms with van der Waals surface area (Å²) in [5.74, 6) is -2.39. The fourth-order valence-electron chi connectivity index (χ4n) is 2.12. The van der Waals surface area contributed by atoms with Crippen LogP contribution in [0.15, 0.2) is 62.2 Å². The van der Waals surface area contributed by atoms with Crippen molar-refractivity contribution >= 4 is 15.4 Å². The van der Waals surface area contributed by atoms with Crippen LogP contribution in [0.25, 0.3) is 11.5 Å². The van der Waals surface area contributed by atoms with Crippen LogP contribution in [0.4, 0.5) is 23.2 Å². The zero-order chi connectivity index (χ0) is 18.9. The standard InChI is InChI=1S/C16H11F4N3O2S/c1-26(24,13-5-3-2-4-12(13)17)23-11-8-6-10(7-9-11)14-21-22-15(25-14)16(18,19)20/h2-9H,1H3. The average Bonchev–Trinajstić information content (AvgIpc) is 3.06. The summed E-state index contributed by atoms with van der Waals surface area (Å²) in [6, 6.07) is 11.2. The summed E-state index contributed by atoms with van der Waals surface area (Å²) in [6.45, 7) is 0. The molecule has 0 N–H and O–H groups in total. The third kappa shape index (κ3) is 3.74. The van der Waals surface area contributed by atoms with Gasteiger partial charge in [-0.25, -0.2) is 8.60 Å². The Labute approximate surface area is 145 Å². The van der Waals surface area contributed by atoms with Crippen LogP contribution in [0.3, 0.4) is 0 Å². The van der Waals surface area contributed by atoms with Crippen LogP contribution in [0, 0.1) is 5.82 Å². The van der Waals surface area contributed by atoms with Crippen LogP contribution < -0.4 is 0 Å². The van der Waals surface area contributed by atoms with Crippen molar-refractivity contribution in [1.29, 1.82) is 0 Å². The maximum Gasteiger partial charge on any atom is 0.470 e. The summed E-state index contributed by atoms with van der Waals surface area (Å²) in [5.41, 5.74) is 0.500. The summed E-state index contributed by atoms with van der Waals surface area (Å²) in [5, 5.41) is 6.29. The number of rotatable bonds is 3. The van der Waals surface area contributed by atoms with Crippen molar-refractivity contribution in [2.45, 2.75) is 11.1 Å². The number of aromatic nitrogens is 2. The topological polar surface area (TPSA) is 68.3 Å². The molecule has 1 unspecified atom stereocenters.